The lowest BCUT2D eigenvalue weighted by molar-refractivity contribution is -0.384. The second-order valence-electron chi connectivity index (χ2n) is 6.71. The summed E-state index contributed by atoms with van der Waals surface area (Å²) in [5.41, 5.74) is -0.511. The molecule has 0 atom stereocenters. The first-order chi connectivity index (χ1) is 14.7. The molecule has 3 aromatic rings. The first-order valence-electron chi connectivity index (χ1n) is 9.31. The summed E-state index contributed by atoms with van der Waals surface area (Å²) in [6.07, 6.45) is 0. The molecule has 0 fully saturated rings. The Hall–Kier alpha value is -3.40. The number of para-hydroxylation sites is 2. The van der Waals surface area contributed by atoms with Gasteiger partial charge < -0.3 is 4.90 Å². The van der Waals surface area contributed by atoms with E-state index in [1.165, 1.54) is 39.9 Å². The Morgan fingerprint density at radius 3 is 2.65 bits per heavy atom. The van der Waals surface area contributed by atoms with Gasteiger partial charge in [0.25, 0.3) is 11.6 Å². The minimum absolute atomic E-state index is 0.0684. The molecule has 160 valence electrons. The molecule has 0 aliphatic rings. The quantitative estimate of drug-likeness (QED) is 0.385. The molecule has 2 aromatic carbocycles. The molecular formula is C21H18BrFN4O4. The number of hydrogen-bond acceptors (Lipinski definition) is 5. The highest BCUT2D eigenvalue weighted by Gasteiger charge is 2.24. The lowest BCUT2D eigenvalue weighted by atomic mass is 10.2. The lowest BCUT2D eigenvalue weighted by Crippen LogP contribution is -2.36. The highest BCUT2D eigenvalue weighted by Crippen LogP contribution is 2.23. The van der Waals surface area contributed by atoms with Crippen LogP contribution >= 0.6 is 15.9 Å². The van der Waals surface area contributed by atoms with E-state index in [1.54, 1.807) is 32.0 Å². The fourth-order valence-corrected chi connectivity index (χ4v) is 3.49. The number of amides is 1. The third-order valence-corrected chi connectivity index (χ3v) is 5.15. The first kappa shape index (κ1) is 22.3. The molecule has 0 radical (unpaired) electrons. The van der Waals surface area contributed by atoms with Crippen LogP contribution in [0, 0.1) is 22.9 Å². The van der Waals surface area contributed by atoms with Gasteiger partial charge in [0, 0.05) is 41.0 Å². The van der Waals surface area contributed by atoms with Crippen molar-refractivity contribution in [2.75, 3.05) is 6.54 Å². The number of carbonyl (C=O) groups is 1. The molecule has 10 heteroatoms. The van der Waals surface area contributed by atoms with E-state index in [9.17, 15) is 24.1 Å². The summed E-state index contributed by atoms with van der Waals surface area (Å²) in [5.74, 6) is -1.18. The number of rotatable bonds is 6. The molecule has 1 aromatic heterocycles. The Balaban J connectivity index is 2.05. The second kappa shape index (κ2) is 9.17. The SMILES string of the molecule is CCN(Cc1cc(Br)ccc1F)C(=O)c1nn(-c2ccccc2[N+](=O)[O-])c(C)cc1=O. The molecule has 0 aliphatic heterocycles. The smallest absolute Gasteiger partial charge is 0.294 e. The number of nitro groups is 1. The molecule has 1 heterocycles. The van der Waals surface area contributed by atoms with Gasteiger partial charge in [-0.3, -0.25) is 19.7 Å². The maximum Gasteiger partial charge on any atom is 0.294 e. The number of nitro benzene ring substituents is 1. The van der Waals surface area contributed by atoms with Gasteiger partial charge in [-0.15, -0.1) is 0 Å². The van der Waals surface area contributed by atoms with Crippen molar-refractivity contribution in [3.63, 3.8) is 0 Å². The zero-order valence-electron chi connectivity index (χ0n) is 16.7. The standard InChI is InChI=1S/C21H18BrFN4O4/c1-3-25(12-14-11-15(22)8-9-16(14)23)21(29)20-19(28)10-13(2)26(24-20)17-6-4-5-7-18(17)27(30)31/h4-11H,3,12H2,1-2H3. The van der Waals surface area contributed by atoms with E-state index in [0.717, 1.165) is 0 Å². The fourth-order valence-electron chi connectivity index (χ4n) is 3.08. The Labute approximate surface area is 185 Å². The van der Waals surface area contributed by atoms with Gasteiger partial charge in [0.2, 0.25) is 5.43 Å². The molecule has 0 saturated heterocycles. The number of halogens is 2. The summed E-state index contributed by atoms with van der Waals surface area (Å²) in [6.45, 7) is 3.39. The van der Waals surface area contributed by atoms with Crippen LogP contribution in [-0.4, -0.2) is 32.1 Å². The molecule has 3 rings (SSSR count). The summed E-state index contributed by atoms with van der Waals surface area (Å²) in [5, 5.41) is 15.5. The maximum absolute atomic E-state index is 14.2. The largest absolute Gasteiger partial charge is 0.333 e. The molecule has 0 unspecified atom stereocenters. The molecule has 8 nitrogen and oxygen atoms in total. The van der Waals surface area contributed by atoms with Gasteiger partial charge in [-0.05, 0) is 38.1 Å². The Bertz CT molecular complexity index is 1230. The third-order valence-electron chi connectivity index (χ3n) is 4.65. The average Bonchev–Trinajstić information content (AvgIpc) is 2.74. The van der Waals surface area contributed by atoms with Crippen molar-refractivity contribution in [3.05, 3.63) is 96.1 Å². The van der Waals surface area contributed by atoms with Crippen molar-refractivity contribution in [1.29, 1.82) is 0 Å². The third kappa shape index (κ3) is 4.69. The van der Waals surface area contributed by atoms with Crippen molar-refractivity contribution in [3.8, 4) is 5.69 Å². The van der Waals surface area contributed by atoms with Crippen molar-refractivity contribution in [2.24, 2.45) is 0 Å². The Morgan fingerprint density at radius 1 is 1.26 bits per heavy atom. The molecular weight excluding hydrogens is 471 g/mol. The summed E-state index contributed by atoms with van der Waals surface area (Å²) >= 11 is 3.27. The van der Waals surface area contributed by atoms with Crippen LogP contribution in [0.1, 0.15) is 28.7 Å². The molecule has 31 heavy (non-hydrogen) atoms. The second-order valence-corrected chi connectivity index (χ2v) is 7.63. The van der Waals surface area contributed by atoms with Gasteiger partial charge in [0.1, 0.15) is 11.5 Å². The van der Waals surface area contributed by atoms with Crippen molar-refractivity contribution >= 4 is 27.5 Å². The minimum atomic E-state index is -0.695. The maximum atomic E-state index is 14.2. The van der Waals surface area contributed by atoms with Crippen LogP contribution in [0.25, 0.3) is 5.69 Å². The van der Waals surface area contributed by atoms with Crippen molar-refractivity contribution in [2.45, 2.75) is 20.4 Å². The van der Waals surface area contributed by atoms with Gasteiger partial charge in [0.05, 0.1) is 4.92 Å². The monoisotopic (exact) mass is 488 g/mol. The summed E-state index contributed by atoms with van der Waals surface area (Å²) < 4.78 is 16.0. The fraction of sp³-hybridized carbons (Fsp3) is 0.190. The normalized spacial score (nSPS) is 10.7. The minimum Gasteiger partial charge on any atom is -0.333 e. The van der Waals surface area contributed by atoms with E-state index in [2.05, 4.69) is 21.0 Å². The van der Waals surface area contributed by atoms with Gasteiger partial charge in [-0.25, -0.2) is 9.07 Å². The number of carbonyl (C=O) groups excluding carboxylic acids is 1. The highest BCUT2D eigenvalue weighted by atomic mass is 79.9. The Kier molecular flexibility index (Phi) is 6.59. The highest BCUT2D eigenvalue weighted by molar-refractivity contribution is 9.10. The van der Waals surface area contributed by atoms with E-state index in [-0.39, 0.29) is 30.0 Å². The van der Waals surface area contributed by atoms with Crippen molar-refractivity contribution < 1.29 is 14.1 Å². The zero-order valence-corrected chi connectivity index (χ0v) is 18.3. The van der Waals surface area contributed by atoms with E-state index >= 15 is 0 Å². The van der Waals surface area contributed by atoms with Gasteiger partial charge >= 0.3 is 0 Å². The zero-order chi connectivity index (χ0) is 22.7. The van der Waals surface area contributed by atoms with E-state index in [0.29, 0.717) is 10.2 Å². The molecule has 0 N–H and O–H groups in total. The number of aromatic nitrogens is 2. The van der Waals surface area contributed by atoms with Crippen LogP contribution < -0.4 is 5.43 Å². The van der Waals surface area contributed by atoms with E-state index in [4.69, 9.17) is 0 Å². The summed E-state index contributed by atoms with van der Waals surface area (Å²) in [6, 6.07) is 11.5. The van der Waals surface area contributed by atoms with Crippen LogP contribution in [0.3, 0.4) is 0 Å². The predicted octanol–water partition coefficient (Wildman–Crippen LogP) is 4.01. The van der Waals surface area contributed by atoms with Crippen LogP contribution in [0.5, 0.6) is 0 Å². The molecule has 0 bridgehead atoms. The first-order valence-corrected chi connectivity index (χ1v) is 10.1. The predicted molar refractivity (Wildman–Crippen MR) is 116 cm³/mol. The van der Waals surface area contributed by atoms with Gasteiger partial charge in [-0.2, -0.15) is 5.10 Å². The van der Waals surface area contributed by atoms with E-state index in [1.807, 2.05) is 0 Å². The van der Waals surface area contributed by atoms with Crippen LogP contribution in [0.4, 0.5) is 10.1 Å². The van der Waals surface area contributed by atoms with Crippen molar-refractivity contribution in [1.82, 2.24) is 14.7 Å². The van der Waals surface area contributed by atoms with Crippen LogP contribution in [-0.2, 0) is 6.54 Å². The van der Waals surface area contributed by atoms with Gasteiger partial charge in [0.15, 0.2) is 5.69 Å². The topological polar surface area (TPSA) is 98.3 Å². The van der Waals surface area contributed by atoms with Crippen LogP contribution in [0.15, 0.2) is 57.8 Å². The lowest BCUT2D eigenvalue weighted by Gasteiger charge is -2.21. The Morgan fingerprint density at radius 2 is 1.97 bits per heavy atom. The summed E-state index contributed by atoms with van der Waals surface area (Å²) in [4.78, 5) is 37.7. The molecule has 1 amide bonds. The number of nitrogens with zero attached hydrogens (tertiary/aromatic N) is 4. The number of aryl methyl sites for hydroxylation is 1. The summed E-state index contributed by atoms with van der Waals surface area (Å²) in [7, 11) is 0. The number of benzene rings is 2. The van der Waals surface area contributed by atoms with Gasteiger partial charge in [-0.1, -0.05) is 28.1 Å². The molecule has 0 saturated carbocycles. The molecule has 0 spiro atoms. The average molecular weight is 489 g/mol. The number of hydrogen-bond donors (Lipinski definition) is 0. The van der Waals surface area contributed by atoms with Crippen LogP contribution in [0.2, 0.25) is 0 Å². The van der Waals surface area contributed by atoms with E-state index < -0.39 is 27.8 Å². The molecule has 0 aliphatic carbocycles.